The highest BCUT2D eigenvalue weighted by Gasteiger charge is 2.00. The Morgan fingerprint density at radius 2 is 1.69 bits per heavy atom. The molecule has 1 aromatic carbocycles. The molecule has 0 aliphatic heterocycles. The minimum atomic E-state index is 0. The maximum atomic E-state index is 5.81. The standard InChI is InChI=1S/C10H15NO.ClH/c1-7-4-9(6-12-3)5-8(2)10(7)11;/h4-5H,6,11H2,1-3H3;1H. The van der Waals surface area contributed by atoms with Gasteiger partial charge in [-0.3, -0.25) is 0 Å². The number of hydrogen-bond donors (Lipinski definition) is 1. The van der Waals surface area contributed by atoms with E-state index < -0.39 is 0 Å². The second-order valence-corrected chi connectivity index (χ2v) is 3.08. The van der Waals surface area contributed by atoms with Crippen LogP contribution in [0.15, 0.2) is 12.1 Å². The number of aryl methyl sites for hydroxylation is 2. The minimum Gasteiger partial charge on any atom is -0.398 e. The van der Waals surface area contributed by atoms with E-state index in [0.717, 1.165) is 16.8 Å². The highest BCUT2D eigenvalue weighted by Crippen LogP contribution is 2.18. The number of nitrogen functional groups attached to an aromatic ring is 1. The number of hydrogen-bond acceptors (Lipinski definition) is 2. The zero-order valence-corrected chi connectivity index (χ0v) is 9.07. The summed E-state index contributed by atoms with van der Waals surface area (Å²) < 4.78 is 5.04. The molecule has 2 N–H and O–H groups in total. The molecule has 0 spiro atoms. The van der Waals surface area contributed by atoms with Gasteiger partial charge < -0.3 is 10.5 Å². The highest BCUT2D eigenvalue weighted by atomic mass is 35.5. The van der Waals surface area contributed by atoms with Crippen LogP contribution in [-0.2, 0) is 11.3 Å². The SMILES string of the molecule is COCc1cc(C)c(N)c(C)c1.Cl. The van der Waals surface area contributed by atoms with Gasteiger partial charge in [-0.25, -0.2) is 0 Å². The summed E-state index contributed by atoms with van der Waals surface area (Å²) in [6, 6.07) is 4.12. The van der Waals surface area contributed by atoms with Crippen molar-refractivity contribution >= 4 is 18.1 Å². The fourth-order valence-electron chi connectivity index (χ4n) is 1.31. The molecule has 0 unspecified atom stereocenters. The molecule has 2 nitrogen and oxygen atoms in total. The molecule has 0 saturated carbocycles. The van der Waals surface area contributed by atoms with Crippen LogP contribution in [0.1, 0.15) is 16.7 Å². The molecular formula is C10H16ClNO. The topological polar surface area (TPSA) is 35.2 Å². The minimum absolute atomic E-state index is 0. The first kappa shape index (κ1) is 12.3. The Morgan fingerprint density at radius 1 is 1.23 bits per heavy atom. The van der Waals surface area contributed by atoms with Crippen molar-refractivity contribution in [2.75, 3.05) is 12.8 Å². The normalized spacial score (nSPS) is 9.46. The van der Waals surface area contributed by atoms with Gasteiger partial charge in [-0.15, -0.1) is 12.4 Å². The lowest BCUT2D eigenvalue weighted by Gasteiger charge is -2.07. The first-order valence-corrected chi connectivity index (χ1v) is 3.99. The van der Waals surface area contributed by atoms with E-state index in [4.69, 9.17) is 10.5 Å². The Bertz CT molecular complexity index is 263. The van der Waals surface area contributed by atoms with Crippen molar-refractivity contribution in [3.63, 3.8) is 0 Å². The van der Waals surface area contributed by atoms with E-state index in [1.165, 1.54) is 5.56 Å². The molecule has 0 radical (unpaired) electrons. The average Bonchev–Trinajstić information content (AvgIpc) is 2.01. The van der Waals surface area contributed by atoms with Crippen LogP contribution in [0.5, 0.6) is 0 Å². The Kier molecular flexibility index (Phi) is 4.81. The van der Waals surface area contributed by atoms with Gasteiger partial charge >= 0.3 is 0 Å². The molecule has 3 heteroatoms. The summed E-state index contributed by atoms with van der Waals surface area (Å²) in [7, 11) is 1.70. The van der Waals surface area contributed by atoms with Crippen LogP contribution in [0.3, 0.4) is 0 Å². The van der Waals surface area contributed by atoms with Crippen LogP contribution in [-0.4, -0.2) is 7.11 Å². The van der Waals surface area contributed by atoms with Gasteiger partial charge in [0.25, 0.3) is 0 Å². The molecule has 0 saturated heterocycles. The summed E-state index contributed by atoms with van der Waals surface area (Å²) in [4.78, 5) is 0. The highest BCUT2D eigenvalue weighted by molar-refractivity contribution is 5.85. The number of ether oxygens (including phenoxy) is 1. The third-order valence-electron chi connectivity index (χ3n) is 1.96. The maximum absolute atomic E-state index is 5.81. The quantitative estimate of drug-likeness (QED) is 0.747. The van der Waals surface area contributed by atoms with Crippen LogP contribution in [0.2, 0.25) is 0 Å². The largest absolute Gasteiger partial charge is 0.398 e. The molecule has 1 rings (SSSR count). The van der Waals surface area contributed by atoms with Gasteiger partial charge in [0.05, 0.1) is 6.61 Å². The third-order valence-corrected chi connectivity index (χ3v) is 1.96. The summed E-state index contributed by atoms with van der Waals surface area (Å²) in [6.45, 7) is 4.69. The molecule has 13 heavy (non-hydrogen) atoms. The Balaban J connectivity index is 0.00000144. The van der Waals surface area contributed by atoms with E-state index in [0.29, 0.717) is 6.61 Å². The van der Waals surface area contributed by atoms with Crippen LogP contribution in [0, 0.1) is 13.8 Å². The lowest BCUT2D eigenvalue weighted by molar-refractivity contribution is 0.185. The molecule has 74 valence electrons. The fraction of sp³-hybridized carbons (Fsp3) is 0.400. The van der Waals surface area contributed by atoms with Gasteiger partial charge in [0.1, 0.15) is 0 Å². The van der Waals surface area contributed by atoms with E-state index in [1.807, 2.05) is 13.8 Å². The summed E-state index contributed by atoms with van der Waals surface area (Å²) in [5.74, 6) is 0. The lowest BCUT2D eigenvalue weighted by atomic mass is 10.1. The zero-order valence-electron chi connectivity index (χ0n) is 8.26. The van der Waals surface area contributed by atoms with Crippen molar-refractivity contribution in [3.05, 3.63) is 28.8 Å². The van der Waals surface area contributed by atoms with E-state index in [1.54, 1.807) is 7.11 Å². The predicted octanol–water partition coefficient (Wildman–Crippen LogP) is 2.45. The van der Waals surface area contributed by atoms with Gasteiger partial charge in [-0.1, -0.05) is 12.1 Å². The van der Waals surface area contributed by atoms with Gasteiger partial charge in [0.15, 0.2) is 0 Å². The van der Waals surface area contributed by atoms with Gasteiger partial charge in [-0.05, 0) is 30.5 Å². The van der Waals surface area contributed by atoms with Crippen LogP contribution < -0.4 is 5.73 Å². The van der Waals surface area contributed by atoms with Gasteiger partial charge in [-0.2, -0.15) is 0 Å². The monoisotopic (exact) mass is 201 g/mol. The summed E-state index contributed by atoms with van der Waals surface area (Å²) >= 11 is 0. The number of halogens is 1. The van der Waals surface area contributed by atoms with Crippen LogP contribution in [0.25, 0.3) is 0 Å². The molecule has 0 aliphatic rings. The fourth-order valence-corrected chi connectivity index (χ4v) is 1.31. The van der Waals surface area contributed by atoms with Crippen LogP contribution >= 0.6 is 12.4 Å². The van der Waals surface area contributed by atoms with E-state index in [2.05, 4.69) is 12.1 Å². The third kappa shape index (κ3) is 2.90. The molecule has 1 aromatic rings. The smallest absolute Gasteiger partial charge is 0.0713 e. The number of anilines is 1. The predicted molar refractivity (Wildman–Crippen MR) is 58.3 cm³/mol. The molecule has 0 fully saturated rings. The Labute approximate surface area is 85.5 Å². The van der Waals surface area contributed by atoms with Crippen molar-refractivity contribution in [2.45, 2.75) is 20.5 Å². The maximum Gasteiger partial charge on any atom is 0.0713 e. The molecule has 0 bridgehead atoms. The number of rotatable bonds is 2. The van der Waals surface area contributed by atoms with Crippen molar-refractivity contribution in [1.29, 1.82) is 0 Å². The van der Waals surface area contributed by atoms with Gasteiger partial charge in [0.2, 0.25) is 0 Å². The van der Waals surface area contributed by atoms with Crippen molar-refractivity contribution in [3.8, 4) is 0 Å². The van der Waals surface area contributed by atoms with E-state index in [-0.39, 0.29) is 12.4 Å². The molecule has 0 heterocycles. The zero-order chi connectivity index (χ0) is 9.14. The van der Waals surface area contributed by atoms with Crippen molar-refractivity contribution < 1.29 is 4.74 Å². The second kappa shape index (κ2) is 5.10. The van der Waals surface area contributed by atoms with E-state index >= 15 is 0 Å². The number of methoxy groups -OCH3 is 1. The van der Waals surface area contributed by atoms with Crippen molar-refractivity contribution in [1.82, 2.24) is 0 Å². The Morgan fingerprint density at radius 3 is 2.08 bits per heavy atom. The second-order valence-electron chi connectivity index (χ2n) is 3.08. The molecule has 0 atom stereocenters. The molecule has 0 aromatic heterocycles. The molecule has 0 aliphatic carbocycles. The lowest BCUT2D eigenvalue weighted by Crippen LogP contribution is -1.96. The summed E-state index contributed by atoms with van der Waals surface area (Å²) in [5, 5.41) is 0. The first-order valence-electron chi connectivity index (χ1n) is 3.99. The summed E-state index contributed by atoms with van der Waals surface area (Å²) in [5.41, 5.74) is 10.1. The number of nitrogens with two attached hydrogens (primary N) is 1. The molecule has 0 amide bonds. The Hall–Kier alpha value is -0.730. The average molecular weight is 202 g/mol. The summed E-state index contributed by atoms with van der Waals surface area (Å²) in [6.07, 6.45) is 0. The van der Waals surface area contributed by atoms with Gasteiger partial charge in [0, 0.05) is 12.8 Å². The van der Waals surface area contributed by atoms with Crippen LogP contribution in [0.4, 0.5) is 5.69 Å². The molecular weight excluding hydrogens is 186 g/mol. The first-order chi connectivity index (χ1) is 5.65. The number of benzene rings is 1. The van der Waals surface area contributed by atoms with E-state index in [9.17, 15) is 0 Å². The van der Waals surface area contributed by atoms with Crippen molar-refractivity contribution in [2.24, 2.45) is 0 Å².